The van der Waals surface area contributed by atoms with Crippen molar-refractivity contribution in [1.82, 2.24) is 9.80 Å². The predicted molar refractivity (Wildman–Crippen MR) is 156 cm³/mol. The molecule has 202 valence electrons. The average molecular weight is 525 g/mol. The van der Waals surface area contributed by atoms with Gasteiger partial charge >= 0.3 is 0 Å². The summed E-state index contributed by atoms with van der Waals surface area (Å²) in [6, 6.07) is 23.1. The maximum Gasteiger partial charge on any atom is 0.253 e. The number of nitrogens with zero attached hydrogens (tertiary/aromatic N) is 2. The lowest BCUT2D eigenvalue weighted by molar-refractivity contribution is 0.0550. The van der Waals surface area contributed by atoms with Crippen LogP contribution in [-0.2, 0) is 4.74 Å². The molecule has 0 saturated carbocycles. The Labute approximate surface area is 231 Å². The quantitative estimate of drug-likeness (QED) is 0.279. The highest BCUT2D eigenvalue weighted by molar-refractivity contribution is 5.95. The molecule has 1 amide bonds. The lowest BCUT2D eigenvalue weighted by atomic mass is 10.0. The van der Waals surface area contributed by atoms with E-state index in [0.717, 1.165) is 22.4 Å². The van der Waals surface area contributed by atoms with Crippen molar-refractivity contribution in [2.45, 2.75) is 19.9 Å². The summed E-state index contributed by atoms with van der Waals surface area (Å²) in [6.45, 7) is 18.5. The number of hydrogen-bond donors (Lipinski definition) is 0. The minimum atomic E-state index is -0.120. The van der Waals surface area contributed by atoms with Gasteiger partial charge in [0.15, 0.2) is 0 Å². The molecule has 1 aliphatic rings. The molecule has 1 atom stereocenters. The molecule has 0 aromatic heterocycles. The van der Waals surface area contributed by atoms with Gasteiger partial charge in [0.05, 0.1) is 18.9 Å². The third-order valence-corrected chi connectivity index (χ3v) is 6.74. The molecule has 1 saturated heterocycles. The molecule has 0 radical (unpaired) electrons. The number of methoxy groups -OCH3 is 1. The van der Waals surface area contributed by atoms with Gasteiger partial charge in [0.1, 0.15) is 23.0 Å². The van der Waals surface area contributed by atoms with Crippen LogP contribution in [0.1, 0.15) is 40.0 Å². The van der Waals surface area contributed by atoms with E-state index in [1.54, 1.807) is 7.11 Å². The smallest absolute Gasteiger partial charge is 0.253 e. The van der Waals surface area contributed by atoms with Crippen molar-refractivity contribution in [2.24, 2.45) is 0 Å². The number of aryl methyl sites for hydroxylation is 1. The van der Waals surface area contributed by atoms with E-state index in [1.807, 2.05) is 79.4 Å². The van der Waals surface area contributed by atoms with E-state index >= 15 is 0 Å². The summed E-state index contributed by atoms with van der Waals surface area (Å²) in [4.78, 5) is 17.6. The van der Waals surface area contributed by atoms with E-state index in [2.05, 4.69) is 36.8 Å². The predicted octanol–water partition coefficient (Wildman–Crippen LogP) is 6.62. The number of carbonyl (C=O) groups excluding carboxylic acids is 1. The van der Waals surface area contributed by atoms with Gasteiger partial charge in [-0.1, -0.05) is 62.2 Å². The number of benzene rings is 3. The molecule has 6 nitrogen and oxygen atoms in total. The first-order chi connectivity index (χ1) is 18.8. The number of hydrogen-bond acceptors (Lipinski definition) is 5. The standard InChI is InChI=1S/C33H36N2O4/c1-23(2)38-26(5)32(27-11-8-7-9-12-27)34-17-19-35(20-18-34)33(36)29-14-10-13-28(22-29)25(4)39-31-16-15-30(37-6)21-24(31)3/h7-16,21-22,32H,1,4-5,17-20H2,2-3,6H3. The van der Waals surface area contributed by atoms with Gasteiger partial charge in [0.25, 0.3) is 5.91 Å². The Hall–Kier alpha value is -4.29. The van der Waals surface area contributed by atoms with Crippen LogP contribution in [0.2, 0.25) is 0 Å². The van der Waals surface area contributed by atoms with Crippen LogP contribution in [0.4, 0.5) is 0 Å². The molecule has 3 aromatic carbocycles. The second-order valence-electron chi connectivity index (χ2n) is 9.65. The number of rotatable bonds is 10. The summed E-state index contributed by atoms with van der Waals surface area (Å²) < 4.78 is 17.1. The van der Waals surface area contributed by atoms with Crippen LogP contribution in [0, 0.1) is 6.92 Å². The van der Waals surface area contributed by atoms with E-state index in [-0.39, 0.29) is 11.9 Å². The fourth-order valence-electron chi connectivity index (χ4n) is 4.76. The average Bonchev–Trinajstić information content (AvgIpc) is 2.94. The molecule has 0 aliphatic carbocycles. The zero-order valence-corrected chi connectivity index (χ0v) is 23.0. The third-order valence-electron chi connectivity index (χ3n) is 6.74. The van der Waals surface area contributed by atoms with E-state index in [0.29, 0.717) is 54.8 Å². The minimum absolute atomic E-state index is 0.0156. The Kier molecular flexibility index (Phi) is 8.89. The summed E-state index contributed by atoms with van der Waals surface area (Å²) in [5.74, 6) is 3.15. The molecule has 3 aromatic rings. The van der Waals surface area contributed by atoms with Crippen molar-refractivity contribution in [3.05, 3.63) is 126 Å². The number of allylic oxidation sites excluding steroid dienone is 1. The van der Waals surface area contributed by atoms with E-state index < -0.39 is 0 Å². The Morgan fingerprint density at radius 3 is 2.21 bits per heavy atom. The van der Waals surface area contributed by atoms with Crippen molar-refractivity contribution in [2.75, 3.05) is 33.3 Å². The van der Waals surface area contributed by atoms with Crippen LogP contribution in [0.5, 0.6) is 11.5 Å². The highest BCUT2D eigenvalue weighted by Gasteiger charge is 2.30. The van der Waals surface area contributed by atoms with Gasteiger partial charge < -0.3 is 19.1 Å². The molecule has 39 heavy (non-hydrogen) atoms. The summed E-state index contributed by atoms with van der Waals surface area (Å²) >= 11 is 0. The molecule has 1 heterocycles. The van der Waals surface area contributed by atoms with Crippen molar-refractivity contribution in [1.29, 1.82) is 0 Å². The van der Waals surface area contributed by atoms with Gasteiger partial charge in [-0.25, -0.2) is 0 Å². The van der Waals surface area contributed by atoms with Crippen LogP contribution in [-0.4, -0.2) is 49.0 Å². The molecule has 1 unspecified atom stereocenters. The first-order valence-electron chi connectivity index (χ1n) is 13.0. The summed E-state index contributed by atoms with van der Waals surface area (Å²) in [5.41, 5.74) is 3.39. The minimum Gasteiger partial charge on any atom is -0.497 e. The lowest BCUT2D eigenvalue weighted by Crippen LogP contribution is -2.50. The van der Waals surface area contributed by atoms with Crippen molar-refractivity contribution < 1.29 is 19.0 Å². The lowest BCUT2D eigenvalue weighted by Gasteiger charge is -2.40. The van der Waals surface area contributed by atoms with Crippen LogP contribution >= 0.6 is 0 Å². The fourth-order valence-corrected chi connectivity index (χ4v) is 4.76. The number of amides is 1. The van der Waals surface area contributed by atoms with Crippen LogP contribution in [0.3, 0.4) is 0 Å². The van der Waals surface area contributed by atoms with Gasteiger partial charge in [-0.2, -0.15) is 0 Å². The second kappa shape index (κ2) is 12.5. The Morgan fingerprint density at radius 2 is 1.56 bits per heavy atom. The van der Waals surface area contributed by atoms with E-state index in [4.69, 9.17) is 14.2 Å². The molecule has 6 heteroatoms. The van der Waals surface area contributed by atoms with Crippen molar-refractivity contribution in [3.8, 4) is 11.5 Å². The second-order valence-corrected chi connectivity index (χ2v) is 9.65. The van der Waals surface area contributed by atoms with Gasteiger partial charge in [0.2, 0.25) is 0 Å². The van der Waals surface area contributed by atoms with Gasteiger partial charge in [-0.05, 0) is 55.3 Å². The summed E-state index contributed by atoms with van der Waals surface area (Å²) in [7, 11) is 1.63. The van der Waals surface area contributed by atoms with Crippen LogP contribution in [0.15, 0.2) is 104 Å². The maximum atomic E-state index is 13.5. The Balaban J connectivity index is 1.43. The van der Waals surface area contributed by atoms with Crippen LogP contribution in [0.25, 0.3) is 5.76 Å². The largest absolute Gasteiger partial charge is 0.497 e. The highest BCUT2D eigenvalue weighted by Crippen LogP contribution is 2.31. The molecule has 4 rings (SSSR count). The normalized spacial score (nSPS) is 14.3. The number of ether oxygens (including phenoxy) is 3. The summed E-state index contributed by atoms with van der Waals surface area (Å²) in [5, 5.41) is 0. The van der Waals surface area contributed by atoms with Crippen LogP contribution < -0.4 is 9.47 Å². The SMILES string of the molecule is C=C(C)OC(=C)C(c1ccccc1)N1CCN(C(=O)c2cccc(C(=C)Oc3ccc(OC)cc3C)c2)CC1. The first-order valence-corrected chi connectivity index (χ1v) is 13.0. The molecule has 0 N–H and O–H groups in total. The van der Waals surface area contributed by atoms with E-state index in [1.165, 1.54) is 0 Å². The number of piperazine rings is 1. The monoisotopic (exact) mass is 524 g/mol. The zero-order valence-electron chi connectivity index (χ0n) is 23.0. The van der Waals surface area contributed by atoms with Crippen molar-refractivity contribution in [3.63, 3.8) is 0 Å². The molecular weight excluding hydrogens is 488 g/mol. The Bertz CT molecular complexity index is 1360. The molecule has 0 spiro atoms. The highest BCUT2D eigenvalue weighted by atomic mass is 16.5. The molecule has 1 aliphatic heterocycles. The topological polar surface area (TPSA) is 51.2 Å². The Morgan fingerprint density at radius 1 is 0.872 bits per heavy atom. The van der Waals surface area contributed by atoms with Gasteiger partial charge in [-0.15, -0.1) is 0 Å². The number of carbonyl (C=O) groups is 1. The first kappa shape index (κ1) is 27.7. The van der Waals surface area contributed by atoms with Gasteiger partial charge in [0, 0.05) is 37.3 Å². The molecular formula is C33H36N2O4. The zero-order chi connectivity index (χ0) is 27.9. The molecule has 1 fully saturated rings. The summed E-state index contributed by atoms with van der Waals surface area (Å²) in [6.07, 6.45) is 0. The third kappa shape index (κ3) is 6.78. The maximum absolute atomic E-state index is 13.5. The molecule has 0 bridgehead atoms. The fraction of sp³-hybridized carbons (Fsp3) is 0.242. The van der Waals surface area contributed by atoms with E-state index in [9.17, 15) is 4.79 Å². The van der Waals surface area contributed by atoms with Crippen molar-refractivity contribution >= 4 is 11.7 Å². The van der Waals surface area contributed by atoms with Gasteiger partial charge in [-0.3, -0.25) is 9.69 Å².